The Morgan fingerprint density at radius 2 is 1.62 bits per heavy atom. The van der Waals surface area contributed by atoms with E-state index in [-0.39, 0.29) is 19.2 Å². The zero-order valence-corrected chi connectivity index (χ0v) is 13.5. The van der Waals surface area contributed by atoms with Crippen LogP contribution in [0.25, 0.3) is 0 Å². The van der Waals surface area contributed by atoms with Gasteiger partial charge in [-0.1, -0.05) is 51.9 Å². The highest BCUT2D eigenvalue weighted by atomic mass is 16.6. The van der Waals surface area contributed by atoms with Crippen molar-refractivity contribution >= 4 is 5.97 Å². The summed E-state index contributed by atoms with van der Waals surface area (Å²) < 4.78 is 10.4. The SMILES string of the molecule is CCCCCCCCCC1OC1CCCC(=O)OCCO. The summed E-state index contributed by atoms with van der Waals surface area (Å²) in [4.78, 5) is 11.2. The van der Waals surface area contributed by atoms with Gasteiger partial charge in [-0.25, -0.2) is 0 Å². The van der Waals surface area contributed by atoms with Crippen LogP contribution < -0.4 is 0 Å². The van der Waals surface area contributed by atoms with Gasteiger partial charge in [0.05, 0.1) is 18.8 Å². The molecule has 0 radical (unpaired) electrons. The van der Waals surface area contributed by atoms with Crippen LogP contribution in [0.1, 0.15) is 77.6 Å². The lowest BCUT2D eigenvalue weighted by Crippen LogP contribution is -2.08. The highest BCUT2D eigenvalue weighted by Crippen LogP contribution is 2.31. The summed E-state index contributed by atoms with van der Waals surface area (Å²) in [5, 5.41) is 8.54. The molecule has 0 spiro atoms. The summed E-state index contributed by atoms with van der Waals surface area (Å²) in [7, 11) is 0. The van der Waals surface area contributed by atoms with E-state index in [4.69, 9.17) is 14.6 Å². The van der Waals surface area contributed by atoms with E-state index in [1.807, 2.05) is 0 Å². The molecule has 1 aliphatic heterocycles. The van der Waals surface area contributed by atoms with Crippen LogP contribution in [0.2, 0.25) is 0 Å². The second kappa shape index (κ2) is 12.0. The van der Waals surface area contributed by atoms with E-state index in [2.05, 4.69) is 6.92 Å². The van der Waals surface area contributed by atoms with E-state index in [9.17, 15) is 4.79 Å². The molecule has 4 nitrogen and oxygen atoms in total. The quantitative estimate of drug-likeness (QED) is 0.302. The maximum Gasteiger partial charge on any atom is 0.305 e. The fourth-order valence-electron chi connectivity index (χ4n) is 2.67. The molecule has 21 heavy (non-hydrogen) atoms. The zero-order valence-electron chi connectivity index (χ0n) is 13.5. The van der Waals surface area contributed by atoms with Crippen molar-refractivity contribution in [2.75, 3.05) is 13.2 Å². The van der Waals surface area contributed by atoms with Gasteiger partial charge in [0.25, 0.3) is 0 Å². The first-order chi connectivity index (χ1) is 10.3. The van der Waals surface area contributed by atoms with E-state index in [1.165, 1.54) is 51.4 Å². The molecule has 1 fully saturated rings. The molecule has 0 aromatic rings. The molecule has 1 aliphatic rings. The number of hydrogen-bond donors (Lipinski definition) is 1. The number of aliphatic hydroxyl groups is 1. The predicted octanol–water partition coefficient (Wildman–Crippen LogP) is 3.60. The first kappa shape index (κ1) is 18.4. The van der Waals surface area contributed by atoms with Crippen LogP contribution in [-0.2, 0) is 14.3 Å². The predicted molar refractivity (Wildman–Crippen MR) is 83.2 cm³/mol. The Bertz CT molecular complexity index is 268. The van der Waals surface area contributed by atoms with Gasteiger partial charge in [-0.15, -0.1) is 0 Å². The molecular formula is C17H32O4. The topological polar surface area (TPSA) is 59.1 Å². The minimum atomic E-state index is -0.215. The van der Waals surface area contributed by atoms with Crippen LogP contribution in [0.3, 0.4) is 0 Å². The average molecular weight is 300 g/mol. The van der Waals surface area contributed by atoms with Crippen LogP contribution in [-0.4, -0.2) is 36.5 Å². The van der Waals surface area contributed by atoms with E-state index in [0.717, 1.165) is 12.8 Å². The second-order valence-corrected chi connectivity index (χ2v) is 5.96. The molecule has 0 aromatic heterocycles. The molecule has 1 rings (SSSR count). The summed E-state index contributed by atoms with van der Waals surface area (Å²) in [5.41, 5.74) is 0. The molecule has 124 valence electrons. The lowest BCUT2D eigenvalue weighted by atomic mass is 10.0. The molecule has 0 bridgehead atoms. The van der Waals surface area contributed by atoms with Gasteiger partial charge < -0.3 is 14.6 Å². The molecule has 0 aliphatic carbocycles. The van der Waals surface area contributed by atoms with Gasteiger partial charge >= 0.3 is 5.97 Å². The van der Waals surface area contributed by atoms with E-state index in [0.29, 0.717) is 18.6 Å². The summed E-state index contributed by atoms with van der Waals surface area (Å²) in [6, 6.07) is 0. The number of hydrogen-bond acceptors (Lipinski definition) is 4. The lowest BCUT2D eigenvalue weighted by molar-refractivity contribution is -0.144. The zero-order chi connectivity index (χ0) is 15.3. The molecular weight excluding hydrogens is 268 g/mol. The van der Waals surface area contributed by atoms with Crippen LogP contribution in [0, 0.1) is 0 Å². The maximum atomic E-state index is 11.2. The van der Waals surface area contributed by atoms with Crippen LogP contribution >= 0.6 is 0 Å². The number of ether oxygens (including phenoxy) is 2. The van der Waals surface area contributed by atoms with Crippen molar-refractivity contribution in [3.63, 3.8) is 0 Å². The van der Waals surface area contributed by atoms with E-state index >= 15 is 0 Å². The van der Waals surface area contributed by atoms with Crippen LogP contribution in [0.15, 0.2) is 0 Å². The van der Waals surface area contributed by atoms with Crippen molar-refractivity contribution < 1.29 is 19.4 Å². The summed E-state index contributed by atoms with van der Waals surface area (Å²) in [6.07, 6.45) is 13.6. The highest BCUT2D eigenvalue weighted by molar-refractivity contribution is 5.69. The van der Waals surface area contributed by atoms with E-state index in [1.54, 1.807) is 0 Å². The number of aliphatic hydroxyl groups excluding tert-OH is 1. The number of carbonyl (C=O) groups excluding carboxylic acids is 1. The lowest BCUT2D eigenvalue weighted by Gasteiger charge is -2.01. The minimum absolute atomic E-state index is 0.0992. The maximum absolute atomic E-state index is 11.2. The number of carbonyl (C=O) groups is 1. The third kappa shape index (κ3) is 9.86. The smallest absolute Gasteiger partial charge is 0.305 e. The normalized spacial score (nSPS) is 20.5. The third-order valence-electron chi connectivity index (χ3n) is 4.00. The standard InChI is InChI=1S/C17H32O4/c1-2-3-4-5-6-7-8-10-15-16(21-15)11-9-12-17(19)20-14-13-18/h15-16,18H,2-14H2,1H3. The first-order valence-electron chi connectivity index (χ1n) is 8.70. The second-order valence-electron chi connectivity index (χ2n) is 5.96. The largest absolute Gasteiger partial charge is 0.463 e. The van der Waals surface area contributed by atoms with Crippen molar-refractivity contribution in [3.8, 4) is 0 Å². The molecule has 1 heterocycles. The number of rotatable bonds is 14. The monoisotopic (exact) mass is 300 g/mol. The fourth-order valence-corrected chi connectivity index (χ4v) is 2.67. The Balaban J connectivity index is 1.83. The third-order valence-corrected chi connectivity index (χ3v) is 4.00. The Morgan fingerprint density at radius 3 is 2.29 bits per heavy atom. The highest BCUT2D eigenvalue weighted by Gasteiger charge is 2.37. The van der Waals surface area contributed by atoms with Gasteiger partial charge in [-0.2, -0.15) is 0 Å². The van der Waals surface area contributed by atoms with Crippen molar-refractivity contribution in [3.05, 3.63) is 0 Å². The van der Waals surface area contributed by atoms with Gasteiger partial charge in [0.15, 0.2) is 0 Å². The molecule has 1 saturated heterocycles. The van der Waals surface area contributed by atoms with Gasteiger partial charge in [0.2, 0.25) is 0 Å². The van der Waals surface area contributed by atoms with Gasteiger partial charge in [0.1, 0.15) is 6.61 Å². The van der Waals surface area contributed by atoms with Crippen LogP contribution in [0.4, 0.5) is 0 Å². The van der Waals surface area contributed by atoms with Gasteiger partial charge in [0, 0.05) is 6.42 Å². The molecule has 0 saturated carbocycles. The Labute approximate surface area is 129 Å². The Morgan fingerprint density at radius 1 is 1.00 bits per heavy atom. The van der Waals surface area contributed by atoms with E-state index < -0.39 is 0 Å². The molecule has 2 unspecified atom stereocenters. The fraction of sp³-hybridized carbons (Fsp3) is 0.941. The minimum Gasteiger partial charge on any atom is -0.463 e. The summed E-state index contributed by atoms with van der Waals surface area (Å²) >= 11 is 0. The van der Waals surface area contributed by atoms with Crippen molar-refractivity contribution in [1.82, 2.24) is 0 Å². The number of esters is 1. The van der Waals surface area contributed by atoms with Crippen molar-refractivity contribution in [2.24, 2.45) is 0 Å². The molecule has 0 amide bonds. The summed E-state index contributed by atoms with van der Waals surface area (Å²) in [5.74, 6) is -0.215. The molecule has 1 N–H and O–H groups in total. The number of epoxide rings is 1. The number of unbranched alkanes of at least 4 members (excludes halogenated alkanes) is 6. The molecule has 0 aromatic carbocycles. The molecule has 2 atom stereocenters. The summed E-state index contributed by atoms with van der Waals surface area (Å²) in [6.45, 7) is 2.26. The van der Waals surface area contributed by atoms with Crippen molar-refractivity contribution in [1.29, 1.82) is 0 Å². The van der Waals surface area contributed by atoms with Crippen molar-refractivity contribution in [2.45, 2.75) is 89.8 Å². The van der Waals surface area contributed by atoms with Gasteiger partial charge in [-0.05, 0) is 19.3 Å². The Hall–Kier alpha value is -0.610. The van der Waals surface area contributed by atoms with Gasteiger partial charge in [-0.3, -0.25) is 4.79 Å². The first-order valence-corrected chi connectivity index (χ1v) is 8.70. The molecule has 4 heteroatoms. The Kier molecular flexibility index (Phi) is 10.5. The van der Waals surface area contributed by atoms with Crippen LogP contribution in [0.5, 0.6) is 0 Å². The average Bonchev–Trinajstić information content (AvgIpc) is 3.22.